The van der Waals surface area contributed by atoms with Gasteiger partial charge in [0.25, 0.3) is 0 Å². The molecule has 9 heteroatoms. The Bertz CT molecular complexity index is 1020. The highest BCUT2D eigenvalue weighted by Gasteiger charge is 2.28. The molecule has 0 aliphatic rings. The molecule has 0 aliphatic carbocycles. The van der Waals surface area contributed by atoms with Crippen LogP contribution in [0.5, 0.6) is 0 Å². The van der Waals surface area contributed by atoms with Gasteiger partial charge in [-0.15, -0.1) is 0 Å². The highest BCUT2D eigenvalue weighted by molar-refractivity contribution is 7.47. The standard InChI is InChI=1S/C53H107N2O6P/c1-6-8-10-12-14-16-18-20-22-24-25-26-27-28-29-31-33-35-37-39-41-43-45-47-53(57)54-51(50-61-62(58,59)60-49-48-55(3,4)5)52(56)46-44-42-40-38-36-34-32-30-23-21-19-17-15-13-11-9-7-2/h28-29,51-52,56H,6-27,30-50H2,1-5H3,(H-,54,57,58,59)/p+1/b29-28-. The van der Waals surface area contributed by atoms with E-state index in [-0.39, 0.29) is 19.1 Å². The molecule has 0 spiro atoms. The van der Waals surface area contributed by atoms with Crippen LogP contribution in [0.2, 0.25) is 0 Å². The van der Waals surface area contributed by atoms with Gasteiger partial charge >= 0.3 is 7.82 Å². The first-order chi connectivity index (χ1) is 30.0. The summed E-state index contributed by atoms with van der Waals surface area (Å²) in [6.45, 7) is 4.92. The Morgan fingerprint density at radius 3 is 1.24 bits per heavy atom. The summed E-state index contributed by atoms with van der Waals surface area (Å²) >= 11 is 0. The lowest BCUT2D eigenvalue weighted by atomic mass is 10.0. The molecule has 1 amide bonds. The summed E-state index contributed by atoms with van der Waals surface area (Å²) in [6, 6.07) is -0.760. The van der Waals surface area contributed by atoms with Gasteiger partial charge in [0.15, 0.2) is 0 Å². The number of aliphatic hydroxyl groups excluding tert-OH is 1. The number of hydrogen-bond donors (Lipinski definition) is 3. The van der Waals surface area contributed by atoms with E-state index in [1.807, 2.05) is 21.1 Å². The van der Waals surface area contributed by atoms with Crippen LogP contribution in [0, 0.1) is 0 Å². The van der Waals surface area contributed by atoms with E-state index in [0.717, 1.165) is 38.5 Å². The Balaban J connectivity index is 4.19. The number of phosphoric ester groups is 1. The Kier molecular flexibility index (Phi) is 44.8. The molecule has 3 N–H and O–H groups in total. The number of carbonyl (C=O) groups is 1. The summed E-state index contributed by atoms with van der Waals surface area (Å²) in [5.41, 5.74) is 0. The predicted molar refractivity (Wildman–Crippen MR) is 268 cm³/mol. The number of unbranched alkanes of at least 4 members (excludes halogenated alkanes) is 35. The molecule has 370 valence electrons. The van der Waals surface area contributed by atoms with Gasteiger partial charge in [-0.1, -0.05) is 238 Å². The molecule has 0 aromatic heterocycles. The van der Waals surface area contributed by atoms with Crippen molar-refractivity contribution in [3.05, 3.63) is 12.2 Å². The monoisotopic (exact) mass is 900 g/mol. The number of quaternary nitrogens is 1. The molecular formula is C53H108N2O6P+. The van der Waals surface area contributed by atoms with Crippen LogP contribution in [0.25, 0.3) is 0 Å². The molecule has 0 radical (unpaired) electrons. The third-order valence-electron chi connectivity index (χ3n) is 12.5. The van der Waals surface area contributed by atoms with Crippen molar-refractivity contribution in [2.45, 2.75) is 283 Å². The molecule has 0 fully saturated rings. The lowest BCUT2D eigenvalue weighted by Gasteiger charge is -2.26. The number of nitrogens with one attached hydrogen (secondary N) is 1. The zero-order chi connectivity index (χ0) is 45.7. The molecule has 0 saturated carbocycles. The Morgan fingerprint density at radius 1 is 0.532 bits per heavy atom. The SMILES string of the molecule is CCCCCCCCCCCCCC/C=C\CCCCCCCCCC(=O)NC(COP(=O)(O)OCC[N+](C)(C)C)C(O)CCCCCCCCCCCCCCCCCCC. The number of hydrogen-bond acceptors (Lipinski definition) is 5. The lowest BCUT2D eigenvalue weighted by Crippen LogP contribution is -2.46. The van der Waals surface area contributed by atoms with Crippen LogP contribution in [-0.4, -0.2) is 73.4 Å². The minimum atomic E-state index is -4.32. The third-order valence-corrected chi connectivity index (χ3v) is 13.5. The van der Waals surface area contributed by atoms with E-state index in [1.54, 1.807) is 0 Å². The molecular weight excluding hydrogens is 792 g/mol. The highest BCUT2D eigenvalue weighted by Crippen LogP contribution is 2.43. The topological polar surface area (TPSA) is 105 Å². The molecule has 3 unspecified atom stereocenters. The quantitative estimate of drug-likeness (QED) is 0.0243. The van der Waals surface area contributed by atoms with Gasteiger partial charge in [-0.2, -0.15) is 0 Å². The summed E-state index contributed by atoms with van der Waals surface area (Å²) in [6.07, 6.45) is 53.9. The molecule has 3 atom stereocenters. The van der Waals surface area contributed by atoms with Crippen LogP contribution >= 0.6 is 7.82 Å². The van der Waals surface area contributed by atoms with E-state index < -0.39 is 20.0 Å². The Morgan fingerprint density at radius 2 is 0.871 bits per heavy atom. The largest absolute Gasteiger partial charge is 0.472 e. The van der Waals surface area contributed by atoms with Crippen LogP contribution in [0.4, 0.5) is 0 Å². The zero-order valence-corrected chi connectivity index (χ0v) is 43.0. The number of likely N-dealkylation sites (N-methyl/N-ethyl adjacent to an activating group) is 1. The minimum Gasteiger partial charge on any atom is -0.391 e. The maximum atomic E-state index is 13.0. The molecule has 0 saturated heterocycles. The van der Waals surface area contributed by atoms with Crippen molar-refractivity contribution in [1.82, 2.24) is 5.32 Å². The number of phosphoric acid groups is 1. The van der Waals surface area contributed by atoms with Crippen molar-refractivity contribution in [1.29, 1.82) is 0 Å². The molecule has 0 rings (SSSR count). The number of allylic oxidation sites excluding steroid dienone is 2. The van der Waals surface area contributed by atoms with Crippen LogP contribution in [0.1, 0.15) is 271 Å². The van der Waals surface area contributed by atoms with Crippen LogP contribution in [-0.2, 0) is 18.4 Å². The van der Waals surface area contributed by atoms with E-state index in [9.17, 15) is 19.4 Å². The number of carbonyl (C=O) groups excluding carboxylic acids is 1. The van der Waals surface area contributed by atoms with Crippen molar-refractivity contribution in [3.8, 4) is 0 Å². The van der Waals surface area contributed by atoms with Gasteiger partial charge < -0.3 is 19.8 Å². The van der Waals surface area contributed by atoms with Crippen LogP contribution in [0.15, 0.2) is 12.2 Å². The second-order valence-electron chi connectivity index (χ2n) is 20.0. The maximum Gasteiger partial charge on any atom is 0.472 e. The first-order valence-corrected chi connectivity index (χ1v) is 28.5. The van der Waals surface area contributed by atoms with Gasteiger partial charge in [-0.05, 0) is 38.5 Å². The third kappa shape index (κ3) is 47.2. The van der Waals surface area contributed by atoms with Crippen LogP contribution in [0.3, 0.4) is 0 Å². The maximum absolute atomic E-state index is 13.0. The van der Waals surface area contributed by atoms with Gasteiger partial charge in [-0.25, -0.2) is 4.57 Å². The van der Waals surface area contributed by atoms with Crippen molar-refractivity contribution >= 4 is 13.7 Å². The summed E-state index contributed by atoms with van der Waals surface area (Å²) in [5, 5.41) is 14.0. The molecule has 62 heavy (non-hydrogen) atoms. The van der Waals surface area contributed by atoms with Gasteiger partial charge in [0, 0.05) is 6.42 Å². The zero-order valence-electron chi connectivity index (χ0n) is 42.1. The van der Waals surface area contributed by atoms with Gasteiger partial charge in [0.05, 0.1) is 39.9 Å². The minimum absolute atomic E-state index is 0.0761. The van der Waals surface area contributed by atoms with Gasteiger partial charge in [0.2, 0.25) is 5.91 Å². The van der Waals surface area contributed by atoms with Crippen molar-refractivity contribution in [3.63, 3.8) is 0 Å². The Labute approximate surface area is 386 Å². The fourth-order valence-corrected chi connectivity index (χ4v) is 8.96. The average Bonchev–Trinajstić information content (AvgIpc) is 3.23. The molecule has 0 aromatic carbocycles. The Hall–Kier alpha value is -0.760. The number of amides is 1. The van der Waals surface area contributed by atoms with Crippen molar-refractivity contribution < 1.29 is 32.9 Å². The molecule has 0 aliphatic heterocycles. The number of aliphatic hydroxyl groups is 1. The van der Waals surface area contributed by atoms with E-state index in [4.69, 9.17) is 9.05 Å². The van der Waals surface area contributed by atoms with Crippen molar-refractivity contribution in [2.75, 3.05) is 40.9 Å². The molecule has 0 heterocycles. The van der Waals surface area contributed by atoms with E-state index in [0.29, 0.717) is 23.9 Å². The van der Waals surface area contributed by atoms with Gasteiger partial charge in [-0.3, -0.25) is 13.8 Å². The van der Waals surface area contributed by atoms with E-state index in [2.05, 4.69) is 31.3 Å². The fraction of sp³-hybridized carbons (Fsp3) is 0.943. The van der Waals surface area contributed by atoms with Crippen molar-refractivity contribution in [2.24, 2.45) is 0 Å². The number of nitrogens with zero attached hydrogens (tertiary/aromatic N) is 1. The molecule has 0 bridgehead atoms. The van der Waals surface area contributed by atoms with E-state index in [1.165, 1.54) is 205 Å². The predicted octanol–water partition coefficient (Wildman–Crippen LogP) is 15.9. The highest BCUT2D eigenvalue weighted by atomic mass is 31.2. The lowest BCUT2D eigenvalue weighted by molar-refractivity contribution is -0.870. The summed E-state index contributed by atoms with van der Waals surface area (Å²) < 4.78 is 23.7. The summed E-state index contributed by atoms with van der Waals surface area (Å²) in [5.74, 6) is -0.144. The average molecular weight is 900 g/mol. The summed E-state index contributed by atoms with van der Waals surface area (Å²) in [7, 11) is 1.62. The summed E-state index contributed by atoms with van der Waals surface area (Å²) in [4.78, 5) is 23.3. The second kappa shape index (κ2) is 45.4. The number of rotatable bonds is 50. The molecule has 8 nitrogen and oxygen atoms in total. The fourth-order valence-electron chi connectivity index (χ4n) is 8.22. The first kappa shape index (κ1) is 61.2. The molecule has 0 aromatic rings. The van der Waals surface area contributed by atoms with Gasteiger partial charge in [0.1, 0.15) is 13.2 Å². The van der Waals surface area contributed by atoms with E-state index >= 15 is 0 Å². The normalized spacial score (nSPS) is 14.1. The smallest absolute Gasteiger partial charge is 0.391 e. The van der Waals surface area contributed by atoms with Crippen LogP contribution < -0.4 is 5.32 Å². The second-order valence-corrected chi connectivity index (χ2v) is 21.4. The first-order valence-electron chi connectivity index (χ1n) is 27.1.